The van der Waals surface area contributed by atoms with Crippen LogP contribution in [0.3, 0.4) is 0 Å². The Morgan fingerprint density at radius 2 is 1.90 bits per heavy atom. The summed E-state index contributed by atoms with van der Waals surface area (Å²) in [6, 6.07) is 11.0. The van der Waals surface area contributed by atoms with E-state index in [4.69, 9.17) is 4.74 Å². The number of hydrogen-bond donors (Lipinski definition) is 2. The van der Waals surface area contributed by atoms with Gasteiger partial charge in [0.1, 0.15) is 11.6 Å². The molecule has 7 nitrogen and oxygen atoms in total. The maximum absolute atomic E-state index is 14.2. The number of amides is 3. The van der Waals surface area contributed by atoms with E-state index in [-0.39, 0.29) is 23.8 Å². The van der Waals surface area contributed by atoms with E-state index in [1.807, 2.05) is 53.9 Å². The summed E-state index contributed by atoms with van der Waals surface area (Å²) in [6.07, 6.45) is 6.38. The molecule has 1 spiro atoms. The Kier molecular flexibility index (Phi) is 7.11. The Morgan fingerprint density at radius 1 is 1.12 bits per heavy atom. The molecule has 3 amide bonds. The Labute approximate surface area is 240 Å². The minimum Gasteiger partial charge on any atom is -0.359 e. The average Bonchev–Trinajstić information content (AvgIpc) is 3.70. The highest BCUT2D eigenvalue weighted by atomic mass is 32.1. The molecule has 1 aromatic heterocycles. The van der Waals surface area contributed by atoms with Crippen molar-refractivity contribution in [2.45, 2.75) is 83.2 Å². The Morgan fingerprint density at radius 3 is 2.60 bits per heavy atom. The summed E-state index contributed by atoms with van der Waals surface area (Å²) in [5.41, 5.74) is 0.718. The summed E-state index contributed by atoms with van der Waals surface area (Å²) in [6.45, 7) is 9.01. The number of ether oxygens (including phenoxy) is 1. The second-order valence-corrected chi connectivity index (χ2v) is 13.4. The standard InChI is InChI=1S/C32H39N3O4S/c1-18(2)21-10-12-22(13-11-21)33-29(36)26-25-14-15-32(39-25)27(26)31(38)35(17-23-8-6-16-40-23)28(32)30(37)34-24-9-5-7-19(3)20(24)4/h6,8,10-16,18-20,24-28H,5,7,9,17H2,1-4H3,(H,33,36)(H,34,37)/t19-,20-,24-,25-,26+,27-,28-,32-/m1/s1. The molecule has 1 aliphatic carbocycles. The van der Waals surface area contributed by atoms with Gasteiger partial charge in [0.25, 0.3) is 0 Å². The number of rotatable bonds is 7. The number of anilines is 1. The topological polar surface area (TPSA) is 87.7 Å². The summed E-state index contributed by atoms with van der Waals surface area (Å²) in [5.74, 6) is -0.824. The molecule has 40 heavy (non-hydrogen) atoms. The lowest BCUT2D eigenvalue weighted by Crippen LogP contribution is -2.57. The number of carbonyl (C=O) groups is 3. The predicted octanol–water partition coefficient (Wildman–Crippen LogP) is 5.10. The average molecular weight is 562 g/mol. The predicted molar refractivity (Wildman–Crippen MR) is 156 cm³/mol. The van der Waals surface area contributed by atoms with E-state index in [2.05, 4.69) is 38.3 Å². The largest absolute Gasteiger partial charge is 0.359 e. The zero-order valence-electron chi connectivity index (χ0n) is 23.6. The summed E-state index contributed by atoms with van der Waals surface area (Å²) in [5, 5.41) is 8.31. The van der Waals surface area contributed by atoms with Crippen LogP contribution in [-0.2, 0) is 25.7 Å². The molecule has 3 fully saturated rings. The minimum atomic E-state index is -1.16. The highest BCUT2D eigenvalue weighted by Crippen LogP contribution is 2.55. The lowest BCUT2D eigenvalue weighted by Gasteiger charge is -2.38. The molecule has 2 N–H and O–H groups in total. The van der Waals surface area contributed by atoms with Crippen molar-refractivity contribution in [3.05, 3.63) is 64.4 Å². The van der Waals surface area contributed by atoms with Gasteiger partial charge >= 0.3 is 0 Å². The maximum Gasteiger partial charge on any atom is 0.246 e. The van der Waals surface area contributed by atoms with Crippen molar-refractivity contribution in [3.8, 4) is 0 Å². The second kappa shape index (κ2) is 10.5. The van der Waals surface area contributed by atoms with Gasteiger partial charge in [0.05, 0.1) is 24.5 Å². The summed E-state index contributed by atoms with van der Waals surface area (Å²) >= 11 is 1.56. The SMILES string of the molecule is CC(C)c1ccc(NC(=O)[C@H]2[C@H]3C=C[C@@]4(O3)[C@H]2C(=O)N(Cc2cccs2)[C@@H]4C(=O)N[C@@H]2CCC[C@@H](C)[C@H]2C)cc1. The lowest BCUT2D eigenvalue weighted by molar-refractivity contribution is -0.142. The molecule has 2 bridgehead atoms. The minimum absolute atomic E-state index is 0.0564. The maximum atomic E-state index is 14.2. The Balaban J connectivity index is 1.29. The Bertz CT molecular complexity index is 1310. The third kappa shape index (κ3) is 4.49. The molecule has 0 unspecified atom stereocenters. The number of hydrogen-bond acceptors (Lipinski definition) is 5. The molecule has 8 atom stereocenters. The number of benzene rings is 1. The third-order valence-electron chi connectivity index (χ3n) is 9.71. The van der Waals surface area contributed by atoms with Gasteiger partial charge in [0, 0.05) is 16.6 Å². The van der Waals surface area contributed by atoms with Crippen LogP contribution in [-0.4, -0.2) is 46.4 Å². The van der Waals surface area contributed by atoms with Crippen molar-refractivity contribution in [1.29, 1.82) is 0 Å². The normalized spacial score (nSPS) is 34.4. The molecular weight excluding hydrogens is 522 g/mol. The van der Waals surface area contributed by atoms with Crippen LogP contribution in [0.4, 0.5) is 5.69 Å². The molecule has 3 aliphatic heterocycles. The molecule has 212 valence electrons. The van der Waals surface area contributed by atoms with Gasteiger partial charge in [0.2, 0.25) is 17.7 Å². The zero-order chi connectivity index (χ0) is 28.2. The molecule has 2 aromatic rings. The molecule has 8 heteroatoms. The number of nitrogens with zero attached hydrogens (tertiary/aromatic N) is 1. The van der Waals surface area contributed by atoms with E-state index >= 15 is 0 Å². The molecule has 0 radical (unpaired) electrons. The van der Waals surface area contributed by atoms with Crippen LogP contribution >= 0.6 is 11.3 Å². The monoisotopic (exact) mass is 561 g/mol. The summed E-state index contributed by atoms with van der Waals surface area (Å²) in [4.78, 5) is 44.6. The van der Waals surface area contributed by atoms with Crippen LogP contribution in [0.1, 0.15) is 63.3 Å². The van der Waals surface area contributed by atoms with Crippen molar-refractivity contribution in [2.75, 3.05) is 5.32 Å². The van der Waals surface area contributed by atoms with Crippen LogP contribution in [0, 0.1) is 23.7 Å². The van der Waals surface area contributed by atoms with E-state index in [0.717, 1.165) is 24.1 Å². The van der Waals surface area contributed by atoms with Crippen molar-refractivity contribution in [2.24, 2.45) is 23.7 Å². The Hall–Kier alpha value is -2.97. The van der Waals surface area contributed by atoms with E-state index in [1.165, 1.54) is 5.56 Å². The smallest absolute Gasteiger partial charge is 0.246 e. The van der Waals surface area contributed by atoms with Crippen LogP contribution in [0.5, 0.6) is 0 Å². The van der Waals surface area contributed by atoms with Gasteiger partial charge in [-0.05, 0) is 53.3 Å². The number of likely N-dealkylation sites (tertiary alicyclic amines) is 1. The fourth-order valence-corrected chi connectivity index (χ4v) is 7.94. The van der Waals surface area contributed by atoms with Crippen molar-refractivity contribution in [1.82, 2.24) is 10.2 Å². The van der Waals surface area contributed by atoms with Crippen LogP contribution in [0.15, 0.2) is 53.9 Å². The highest BCUT2D eigenvalue weighted by molar-refractivity contribution is 7.09. The summed E-state index contributed by atoms with van der Waals surface area (Å²) < 4.78 is 6.50. The lowest BCUT2D eigenvalue weighted by atomic mass is 9.73. The first-order valence-electron chi connectivity index (χ1n) is 14.6. The fourth-order valence-electron chi connectivity index (χ4n) is 7.23. The number of nitrogens with one attached hydrogen (secondary N) is 2. The fraction of sp³-hybridized carbons (Fsp3) is 0.531. The van der Waals surface area contributed by atoms with E-state index in [9.17, 15) is 14.4 Å². The molecule has 1 aromatic carbocycles. The van der Waals surface area contributed by atoms with Gasteiger partial charge in [-0.1, -0.05) is 70.9 Å². The summed E-state index contributed by atoms with van der Waals surface area (Å²) in [7, 11) is 0. The van der Waals surface area contributed by atoms with Gasteiger partial charge in [0.15, 0.2) is 0 Å². The quantitative estimate of drug-likeness (QED) is 0.461. The van der Waals surface area contributed by atoms with Gasteiger partial charge in [-0.3, -0.25) is 14.4 Å². The van der Waals surface area contributed by atoms with E-state index < -0.39 is 29.6 Å². The van der Waals surface area contributed by atoms with Gasteiger partial charge in [-0.15, -0.1) is 11.3 Å². The van der Waals surface area contributed by atoms with Crippen LogP contribution in [0.2, 0.25) is 0 Å². The first-order chi connectivity index (χ1) is 19.2. The van der Waals surface area contributed by atoms with Crippen molar-refractivity contribution in [3.63, 3.8) is 0 Å². The molecule has 2 saturated heterocycles. The third-order valence-corrected chi connectivity index (χ3v) is 10.6. The molecule has 6 rings (SSSR count). The van der Waals surface area contributed by atoms with Gasteiger partial charge in [-0.25, -0.2) is 0 Å². The van der Waals surface area contributed by atoms with Crippen LogP contribution < -0.4 is 10.6 Å². The molecular formula is C32H39N3O4S. The van der Waals surface area contributed by atoms with E-state index in [1.54, 1.807) is 16.2 Å². The van der Waals surface area contributed by atoms with Crippen LogP contribution in [0.25, 0.3) is 0 Å². The molecule has 1 saturated carbocycles. The number of fused-ring (bicyclic) bond motifs is 1. The number of carbonyl (C=O) groups excluding carboxylic acids is 3. The van der Waals surface area contributed by atoms with Gasteiger partial charge in [-0.2, -0.15) is 0 Å². The van der Waals surface area contributed by atoms with E-state index in [0.29, 0.717) is 30.0 Å². The first-order valence-corrected chi connectivity index (χ1v) is 15.5. The van der Waals surface area contributed by atoms with Gasteiger partial charge < -0.3 is 20.3 Å². The van der Waals surface area contributed by atoms with Crippen molar-refractivity contribution < 1.29 is 19.1 Å². The molecule has 4 heterocycles. The highest BCUT2D eigenvalue weighted by Gasteiger charge is 2.72. The van der Waals surface area contributed by atoms with Crippen molar-refractivity contribution >= 4 is 34.7 Å². The second-order valence-electron chi connectivity index (χ2n) is 12.4. The number of thiophene rings is 1. The first kappa shape index (κ1) is 27.2. The zero-order valence-corrected chi connectivity index (χ0v) is 24.4. The molecule has 4 aliphatic rings.